The fraction of sp³-hybridized carbons (Fsp3) is 0.238. The summed E-state index contributed by atoms with van der Waals surface area (Å²) in [7, 11) is 0. The average Bonchev–Trinajstić information content (AvgIpc) is 3.08. The maximum atomic E-state index is 13.2. The van der Waals surface area contributed by atoms with E-state index >= 15 is 0 Å². The molecule has 1 heterocycles. The molecule has 0 fully saturated rings. The number of nitrogens with zero attached hydrogens (tertiary/aromatic N) is 2. The second-order valence-electron chi connectivity index (χ2n) is 6.60. The van der Waals surface area contributed by atoms with Crippen LogP contribution in [0.5, 0.6) is 0 Å². The molecule has 0 saturated heterocycles. The zero-order valence-electron chi connectivity index (χ0n) is 16.0. The van der Waals surface area contributed by atoms with E-state index in [1.54, 1.807) is 49.4 Å². The molecule has 1 N–H and O–H groups in total. The largest absolute Gasteiger partial charge is 0.406 e. The molecule has 3 aromatic rings. The lowest BCUT2D eigenvalue weighted by Gasteiger charge is -2.16. The van der Waals surface area contributed by atoms with Crippen LogP contribution in [0, 0.1) is 5.82 Å². The number of nitrogens with one attached hydrogen (secondary N) is 1. The molecule has 3 rings (SSSR count). The first-order chi connectivity index (χ1) is 14.2. The highest BCUT2D eigenvalue weighted by Crippen LogP contribution is 2.31. The molecule has 4 nitrogen and oxygen atoms in total. The summed E-state index contributed by atoms with van der Waals surface area (Å²) in [5.74, 6) is -0.730. The Labute approximate surface area is 175 Å². The summed E-state index contributed by atoms with van der Waals surface area (Å²) in [6, 6.07) is 14.3. The van der Waals surface area contributed by atoms with Gasteiger partial charge in [-0.2, -0.15) is 13.2 Å². The second kappa shape index (κ2) is 9.34. The molecule has 1 unspecified atom stereocenters. The van der Waals surface area contributed by atoms with Crippen molar-refractivity contribution < 1.29 is 22.4 Å². The summed E-state index contributed by atoms with van der Waals surface area (Å²) < 4.78 is 53.5. The Bertz CT molecular complexity index is 988. The lowest BCUT2D eigenvalue weighted by Crippen LogP contribution is -2.30. The number of hydrogen-bond acceptors (Lipinski definition) is 3. The first kappa shape index (κ1) is 21.9. The summed E-state index contributed by atoms with van der Waals surface area (Å²) in [6.45, 7) is 0.583. The van der Waals surface area contributed by atoms with Gasteiger partial charge in [-0.05, 0) is 30.2 Å². The number of halogens is 4. The summed E-state index contributed by atoms with van der Waals surface area (Å²) in [5, 5.41) is 2.13. The molecule has 2 aromatic carbocycles. The Kier molecular flexibility index (Phi) is 6.81. The molecule has 0 radical (unpaired) electrons. The van der Waals surface area contributed by atoms with Gasteiger partial charge in [0.15, 0.2) is 5.16 Å². The van der Waals surface area contributed by atoms with Gasteiger partial charge in [-0.3, -0.25) is 4.79 Å². The summed E-state index contributed by atoms with van der Waals surface area (Å²) in [5.41, 5.74) is 1.65. The maximum Gasteiger partial charge on any atom is 0.406 e. The number of carbonyl (C=O) groups excluding carboxylic acids is 1. The van der Waals surface area contributed by atoms with E-state index < -0.39 is 18.0 Å². The fourth-order valence-electron chi connectivity index (χ4n) is 2.77. The smallest absolute Gasteiger partial charge is 0.351 e. The first-order valence-corrected chi connectivity index (χ1v) is 9.97. The normalized spacial score (nSPS) is 12.6. The van der Waals surface area contributed by atoms with Crippen LogP contribution in [-0.2, 0) is 17.9 Å². The molecular weight excluding hydrogens is 418 g/mol. The van der Waals surface area contributed by atoms with Crippen LogP contribution < -0.4 is 5.32 Å². The monoisotopic (exact) mass is 437 g/mol. The number of hydrogen-bond donors (Lipinski definition) is 1. The zero-order chi connectivity index (χ0) is 21.7. The van der Waals surface area contributed by atoms with Gasteiger partial charge >= 0.3 is 6.18 Å². The minimum absolute atomic E-state index is 0.107. The topological polar surface area (TPSA) is 46.9 Å². The lowest BCUT2D eigenvalue weighted by molar-refractivity contribution is -0.141. The molecule has 0 aliphatic rings. The number of amides is 1. The Morgan fingerprint density at radius 1 is 1.13 bits per heavy atom. The van der Waals surface area contributed by atoms with Crippen molar-refractivity contribution in [2.24, 2.45) is 0 Å². The van der Waals surface area contributed by atoms with Crippen LogP contribution in [0.3, 0.4) is 0 Å². The fourth-order valence-corrected chi connectivity index (χ4v) is 3.68. The third-order valence-corrected chi connectivity index (χ3v) is 5.36. The Hall–Kier alpha value is -2.81. The van der Waals surface area contributed by atoms with E-state index in [2.05, 4.69) is 10.3 Å². The van der Waals surface area contributed by atoms with Gasteiger partial charge < -0.3 is 9.88 Å². The Morgan fingerprint density at radius 3 is 2.43 bits per heavy atom. The Balaban J connectivity index is 1.73. The van der Waals surface area contributed by atoms with Crippen LogP contribution in [0.4, 0.5) is 17.6 Å². The number of alkyl halides is 3. The molecule has 0 aliphatic heterocycles. The second-order valence-corrected chi connectivity index (χ2v) is 7.91. The molecule has 0 bridgehead atoms. The third-order valence-electron chi connectivity index (χ3n) is 4.26. The van der Waals surface area contributed by atoms with Crippen molar-refractivity contribution in [2.75, 3.05) is 0 Å². The molecule has 1 amide bonds. The predicted molar refractivity (Wildman–Crippen MR) is 107 cm³/mol. The molecule has 0 saturated carbocycles. The third kappa shape index (κ3) is 5.85. The number of rotatable bonds is 7. The van der Waals surface area contributed by atoms with Crippen LogP contribution >= 0.6 is 11.8 Å². The van der Waals surface area contributed by atoms with Crippen LogP contribution in [-0.4, -0.2) is 26.9 Å². The van der Waals surface area contributed by atoms with Gasteiger partial charge in [0.25, 0.3) is 0 Å². The van der Waals surface area contributed by atoms with Crippen LogP contribution in [0.2, 0.25) is 0 Å². The van der Waals surface area contributed by atoms with E-state index in [9.17, 15) is 22.4 Å². The van der Waals surface area contributed by atoms with Crippen molar-refractivity contribution in [3.05, 3.63) is 72.2 Å². The van der Waals surface area contributed by atoms with Gasteiger partial charge in [-0.1, -0.05) is 54.2 Å². The number of carbonyl (C=O) groups is 1. The van der Waals surface area contributed by atoms with Gasteiger partial charge in [0.1, 0.15) is 12.4 Å². The molecule has 1 atom stereocenters. The van der Waals surface area contributed by atoms with Crippen LogP contribution in [0.25, 0.3) is 11.3 Å². The number of benzene rings is 2. The molecule has 0 spiro atoms. The van der Waals surface area contributed by atoms with Crippen molar-refractivity contribution >= 4 is 17.7 Å². The van der Waals surface area contributed by atoms with Crippen molar-refractivity contribution in [2.45, 2.75) is 36.6 Å². The van der Waals surface area contributed by atoms with Crippen molar-refractivity contribution in [1.29, 1.82) is 0 Å². The molecule has 1 aromatic heterocycles. The van der Waals surface area contributed by atoms with Crippen LogP contribution in [0.15, 0.2) is 66.0 Å². The SMILES string of the molecule is CC(Sc1ncc(-c2ccccc2)n1CC(F)(F)F)C(=O)NCc1ccc(F)cc1. The quantitative estimate of drug-likeness (QED) is 0.416. The zero-order valence-corrected chi connectivity index (χ0v) is 16.8. The molecule has 30 heavy (non-hydrogen) atoms. The van der Waals surface area contributed by atoms with E-state index in [1.807, 2.05) is 0 Å². The van der Waals surface area contributed by atoms with E-state index in [1.165, 1.54) is 18.3 Å². The highest BCUT2D eigenvalue weighted by Gasteiger charge is 2.31. The summed E-state index contributed by atoms with van der Waals surface area (Å²) in [4.78, 5) is 16.5. The minimum Gasteiger partial charge on any atom is -0.351 e. The molecule has 158 valence electrons. The highest BCUT2D eigenvalue weighted by molar-refractivity contribution is 8.00. The molecular formula is C21H19F4N3OS. The van der Waals surface area contributed by atoms with Crippen molar-refractivity contribution in [3.8, 4) is 11.3 Å². The molecule has 9 heteroatoms. The number of imidazole rings is 1. The summed E-state index contributed by atoms with van der Waals surface area (Å²) in [6.07, 6.45) is -3.06. The van der Waals surface area contributed by atoms with E-state index in [0.29, 0.717) is 16.8 Å². The van der Waals surface area contributed by atoms with Gasteiger partial charge in [0.05, 0.1) is 17.1 Å². The number of thioether (sulfide) groups is 1. The van der Waals surface area contributed by atoms with Gasteiger partial charge in [-0.25, -0.2) is 9.37 Å². The summed E-state index contributed by atoms with van der Waals surface area (Å²) >= 11 is 0.952. The standard InChI is InChI=1S/C21H19F4N3OS/c1-14(19(29)26-11-15-7-9-17(22)10-8-15)30-20-27-12-18(16-5-3-2-4-6-16)28(20)13-21(23,24)25/h2-10,12,14H,11,13H2,1H3,(H,26,29). The maximum absolute atomic E-state index is 13.2. The van der Waals surface area contributed by atoms with E-state index in [4.69, 9.17) is 0 Å². The van der Waals surface area contributed by atoms with Gasteiger partial charge in [-0.15, -0.1) is 0 Å². The Morgan fingerprint density at radius 2 is 1.80 bits per heavy atom. The van der Waals surface area contributed by atoms with Crippen LogP contribution in [0.1, 0.15) is 12.5 Å². The van der Waals surface area contributed by atoms with Gasteiger partial charge in [0.2, 0.25) is 5.91 Å². The average molecular weight is 437 g/mol. The number of aromatic nitrogens is 2. The minimum atomic E-state index is -4.44. The predicted octanol–water partition coefficient (Wildman–Crippen LogP) is 5.05. The van der Waals surface area contributed by atoms with Gasteiger partial charge in [0, 0.05) is 6.54 Å². The van der Waals surface area contributed by atoms with Crippen molar-refractivity contribution in [1.82, 2.24) is 14.9 Å². The highest BCUT2D eigenvalue weighted by atomic mass is 32.2. The lowest BCUT2D eigenvalue weighted by atomic mass is 10.2. The first-order valence-electron chi connectivity index (χ1n) is 9.09. The van der Waals surface area contributed by atoms with E-state index in [-0.39, 0.29) is 23.4 Å². The van der Waals surface area contributed by atoms with E-state index in [0.717, 1.165) is 16.3 Å². The van der Waals surface area contributed by atoms with Crippen molar-refractivity contribution in [3.63, 3.8) is 0 Å². The molecule has 0 aliphatic carbocycles.